The standard InChI is InChI=1S/C12H16O4/c1-2-16-12(15)10-5-3-9(4-6-10)11(14)7-8-13/h3-6,11,13-14H,2,7-8H2,1H3. The molecule has 1 aromatic carbocycles. The first-order valence-corrected chi connectivity index (χ1v) is 5.25. The molecule has 0 fully saturated rings. The van der Waals surface area contributed by atoms with E-state index >= 15 is 0 Å². The minimum Gasteiger partial charge on any atom is -0.462 e. The second-order valence-corrected chi connectivity index (χ2v) is 3.37. The minimum absolute atomic E-state index is 0.0687. The Morgan fingerprint density at radius 2 is 2.00 bits per heavy atom. The molecule has 4 heteroatoms. The van der Waals surface area contributed by atoms with Crippen molar-refractivity contribution in [1.29, 1.82) is 0 Å². The molecule has 0 radical (unpaired) electrons. The van der Waals surface area contributed by atoms with E-state index in [-0.39, 0.29) is 12.6 Å². The average molecular weight is 224 g/mol. The van der Waals surface area contributed by atoms with E-state index in [4.69, 9.17) is 9.84 Å². The largest absolute Gasteiger partial charge is 0.462 e. The lowest BCUT2D eigenvalue weighted by Gasteiger charge is -2.09. The van der Waals surface area contributed by atoms with Crippen LogP contribution in [0.4, 0.5) is 0 Å². The van der Waals surface area contributed by atoms with E-state index in [9.17, 15) is 9.90 Å². The number of ether oxygens (including phenoxy) is 1. The first-order chi connectivity index (χ1) is 7.69. The smallest absolute Gasteiger partial charge is 0.338 e. The molecule has 16 heavy (non-hydrogen) atoms. The third-order valence-electron chi connectivity index (χ3n) is 2.21. The predicted octanol–water partition coefficient (Wildman–Crippen LogP) is 1.28. The maximum absolute atomic E-state index is 11.3. The van der Waals surface area contributed by atoms with Crippen molar-refractivity contribution < 1.29 is 19.7 Å². The van der Waals surface area contributed by atoms with E-state index in [1.165, 1.54) is 0 Å². The summed E-state index contributed by atoms with van der Waals surface area (Å²) in [5, 5.41) is 18.3. The van der Waals surface area contributed by atoms with Gasteiger partial charge in [0.1, 0.15) is 0 Å². The van der Waals surface area contributed by atoms with Gasteiger partial charge in [-0.3, -0.25) is 0 Å². The van der Waals surface area contributed by atoms with Gasteiger partial charge in [0, 0.05) is 13.0 Å². The highest BCUT2D eigenvalue weighted by molar-refractivity contribution is 5.89. The summed E-state index contributed by atoms with van der Waals surface area (Å²) >= 11 is 0. The molecule has 4 nitrogen and oxygen atoms in total. The molecule has 2 N–H and O–H groups in total. The summed E-state index contributed by atoms with van der Waals surface area (Å²) in [6, 6.07) is 6.53. The monoisotopic (exact) mass is 224 g/mol. The van der Waals surface area contributed by atoms with Crippen molar-refractivity contribution in [1.82, 2.24) is 0 Å². The first-order valence-electron chi connectivity index (χ1n) is 5.25. The Morgan fingerprint density at radius 1 is 1.38 bits per heavy atom. The highest BCUT2D eigenvalue weighted by Crippen LogP contribution is 2.16. The summed E-state index contributed by atoms with van der Waals surface area (Å²) in [7, 11) is 0. The van der Waals surface area contributed by atoms with Crippen LogP contribution in [0.15, 0.2) is 24.3 Å². The third-order valence-corrected chi connectivity index (χ3v) is 2.21. The minimum atomic E-state index is -0.693. The second-order valence-electron chi connectivity index (χ2n) is 3.37. The van der Waals surface area contributed by atoms with E-state index in [0.717, 1.165) is 0 Å². The molecule has 0 aromatic heterocycles. The lowest BCUT2D eigenvalue weighted by Crippen LogP contribution is -2.05. The highest BCUT2D eigenvalue weighted by atomic mass is 16.5. The van der Waals surface area contributed by atoms with Gasteiger partial charge in [-0.1, -0.05) is 12.1 Å². The Morgan fingerprint density at radius 3 is 2.50 bits per heavy atom. The zero-order valence-electron chi connectivity index (χ0n) is 9.22. The topological polar surface area (TPSA) is 66.8 Å². The van der Waals surface area contributed by atoms with Gasteiger partial charge in [-0.2, -0.15) is 0 Å². The summed E-state index contributed by atoms with van der Waals surface area (Å²) in [6.07, 6.45) is -0.403. The Kier molecular flexibility index (Phi) is 4.95. The van der Waals surface area contributed by atoms with E-state index in [1.807, 2.05) is 0 Å². The maximum atomic E-state index is 11.3. The summed E-state index contributed by atoms with van der Waals surface area (Å²) in [5.41, 5.74) is 1.14. The number of hydrogen-bond acceptors (Lipinski definition) is 4. The molecule has 0 spiro atoms. The fraction of sp³-hybridized carbons (Fsp3) is 0.417. The van der Waals surface area contributed by atoms with Crippen LogP contribution in [0.5, 0.6) is 0 Å². The van der Waals surface area contributed by atoms with Crippen molar-refractivity contribution >= 4 is 5.97 Å². The zero-order valence-corrected chi connectivity index (χ0v) is 9.22. The molecule has 1 atom stereocenters. The van der Waals surface area contributed by atoms with Crippen LogP contribution in [0.1, 0.15) is 35.4 Å². The average Bonchev–Trinajstić information content (AvgIpc) is 2.30. The number of hydrogen-bond donors (Lipinski definition) is 2. The van der Waals surface area contributed by atoms with Gasteiger partial charge >= 0.3 is 5.97 Å². The molecular formula is C12H16O4. The van der Waals surface area contributed by atoms with Crippen LogP contribution in [0, 0.1) is 0 Å². The normalized spacial score (nSPS) is 12.2. The fourth-order valence-corrected chi connectivity index (χ4v) is 1.34. The second kappa shape index (κ2) is 6.25. The molecule has 0 aliphatic carbocycles. The van der Waals surface area contributed by atoms with Gasteiger partial charge in [0.25, 0.3) is 0 Å². The summed E-state index contributed by atoms with van der Waals surface area (Å²) in [5.74, 6) is -0.370. The van der Waals surface area contributed by atoms with Gasteiger partial charge in [-0.05, 0) is 24.6 Å². The van der Waals surface area contributed by atoms with Crippen LogP contribution in [-0.4, -0.2) is 29.4 Å². The van der Waals surface area contributed by atoms with E-state index < -0.39 is 6.10 Å². The molecule has 0 bridgehead atoms. The van der Waals surface area contributed by atoms with Crippen molar-refractivity contribution in [2.75, 3.05) is 13.2 Å². The molecule has 0 amide bonds. The van der Waals surface area contributed by atoms with Crippen LogP contribution < -0.4 is 0 Å². The van der Waals surface area contributed by atoms with Crippen molar-refractivity contribution in [3.63, 3.8) is 0 Å². The van der Waals surface area contributed by atoms with E-state index in [0.29, 0.717) is 24.2 Å². The Hall–Kier alpha value is -1.39. The first kappa shape index (κ1) is 12.7. The summed E-state index contributed by atoms with van der Waals surface area (Å²) < 4.78 is 4.83. The molecule has 0 saturated heterocycles. The summed E-state index contributed by atoms with van der Waals surface area (Å²) in [6.45, 7) is 2.02. The molecule has 1 unspecified atom stereocenters. The van der Waals surface area contributed by atoms with Gasteiger partial charge in [-0.15, -0.1) is 0 Å². The highest BCUT2D eigenvalue weighted by Gasteiger charge is 2.09. The van der Waals surface area contributed by atoms with Crippen molar-refractivity contribution in [2.45, 2.75) is 19.4 Å². The van der Waals surface area contributed by atoms with Crippen LogP contribution in [0.2, 0.25) is 0 Å². The Labute approximate surface area is 94.5 Å². The molecule has 0 heterocycles. The Balaban J connectivity index is 2.71. The van der Waals surface area contributed by atoms with Gasteiger partial charge in [0.2, 0.25) is 0 Å². The SMILES string of the molecule is CCOC(=O)c1ccc(C(O)CCO)cc1. The molecule has 0 saturated carbocycles. The van der Waals surface area contributed by atoms with E-state index in [1.54, 1.807) is 31.2 Å². The molecule has 88 valence electrons. The number of rotatable bonds is 5. The van der Waals surface area contributed by atoms with Crippen LogP contribution in [-0.2, 0) is 4.74 Å². The van der Waals surface area contributed by atoms with Crippen molar-refractivity contribution in [3.8, 4) is 0 Å². The maximum Gasteiger partial charge on any atom is 0.338 e. The predicted molar refractivity (Wildman–Crippen MR) is 59.1 cm³/mol. The lowest BCUT2D eigenvalue weighted by molar-refractivity contribution is 0.0526. The van der Waals surface area contributed by atoms with Crippen molar-refractivity contribution in [2.24, 2.45) is 0 Å². The molecule has 0 aliphatic heterocycles. The zero-order chi connectivity index (χ0) is 12.0. The Bertz CT molecular complexity index is 331. The van der Waals surface area contributed by atoms with Gasteiger partial charge in [0.05, 0.1) is 18.3 Å². The van der Waals surface area contributed by atoms with Crippen LogP contribution >= 0.6 is 0 Å². The number of esters is 1. The molecule has 1 aromatic rings. The third kappa shape index (κ3) is 3.32. The lowest BCUT2D eigenvalue weighted by atomic mass is 10.1. The number of carbonyl (C=O) groups excluding carboxylic acids is 1. The number of aliphatic hydroxyl groups excluding tert-OH is 2. The van der Waals surface area contributed by atoms with Gasteiger partial charge in [0.15, 0.2) is 0 Å². The quantitative estimate of drug-likeness (QED) is 0.739. The van der Waals surface area contributed by atoms with E-state index in [2.05, 4.69) is 0 Å². The number of benzene rings is 1. The van der Waals surface area contributed by atoms with Crippen molar-refractivity contribution in [3.05, 3.63) is 35.4 Å². The number of aliphatic hydroxyl groups is 2. The van der Waals surface area contributed by atoms with Crippen LogP contribution in [0.3, 0.4) is 0 Å². The summed E-state index contributed by atoms with van der Waals surface area (Å²) in [4.78, 5) is 11.3. The molecule has 1 rings (SSSR count). The van der Waals surface area contributed by atoms with Gasteiger partial charge < -0.3 is 14.9 Å². The molecular weight excluding hydrogens is 208 g/mol. The van der Waals surface area contributed by atoms with Gasteiger partial charge in [-0.25, -0.2) is 4.79 Å². The fourth-order valence-electron chi connectivity index (χ4n) is 1.34. The van der Waals surface area contributed by atoms with Crippen LogP contribution in [0.25, 0.3) is 0 Å². The molecule has 0 aliphatic rings. The number of carbonyl (C=O) groups is 1.